The third kappa shape index (κ3) is 3.12. The molecule has 4 N–H and O–H groups in total. The number of nitrogens with zero attached hydrogens (tertiary/aromatic N) is 2. The van der Waals surface area contributed by atoms with E-state index in [1.165, 1.54) is 18.4 Å². The Hall–Kier alpha value is -1.77. The number of nitrogen functional groups attached to an aromatic ring is 1. The van der Waals surface area contributed by atoms with Crippen LogP contribution in [0.5, 0.6) is 0 Å². The number of aryl methyl sites for hydroxylation is 2. The maximum Gasteiger partial charge on any atom is 0.263 e. The Labute approximate surface area is 126 Å². The molecular formula is C13H18N4O3S. The van der Waals surface area contributed by atoms with Gasteiger partial charge in [-0.3, -0.25) is 4.79 Å². The van der Waals surface area contributed by atoms with Crippen molar-refractivity contribution in [2.45, 2.75) is 20.0 Å². The molecule has 0 aliphatic rings. The average molecular weight is 310 g/mol. The number of fused-ring (bicyclic) bond motifs is 1. The number of hydrogen-bond donors (Lipinski definition) is 3. The Morgan fingerprint density at radius 1 is 1.48 bits per heavy atom. The van der Waals surface area contributed by atoms with Crippen molar-refractivity contribution in [3.05, 3.63) is 16.1 Å². The monoisotopic (exact) mass is 310 g/mol. The number of nitrogens with two attached hydrogens (primary N) is 1. The number of rotatable bonds is 5. The zero-order valence-corrected chi connectivity index (χ0v) is 13.0. The molecule has 0 aliphatic heterocycles. The van der Waals surface area contributed by atoms with Crippen LogP contribution >= 0.6 is 11.3 Å². The van der Waals surface area contributed by atoms with Gasteiger partial charge in [0, 0.05) is 19.0 Å². The lowest BCUT2D eigenvalue weighted by molar-refractivity contribution is 0.0611. The van der Waals surface area contributed by atoms with E-state index in [-0.39, 0.29) is 19.1 Å². The Morgan fingerprint density at radius 2 is 2.19 bits per heavy atom. The van der Waals surface area contributed by atoms with Crippen molar-refractivity contribution in [2.75, 3.05) is 26.0 Å². The number of nitrogens with one attached hydrogen (secondary N) is 1. The minimum absolute atomic E-state index is 0.101. The predicted octanol–water partition coefficient (Wildman–Crippen LogP) is 0.627. The zero-order valence-electron chi connectivity index (χ0n) is 12.1. The van der Waals surface area contributed by atoms with Crippen molar-refractivity contribution in [1.82, 2.24) is 15.5 Å². The number of amides is 1. The fourth-order valence-corrected chi connectivity index (χ4v) is 2.97. The van der Waals surface area contributed by atoms with Gasteiger partial charge in [0.1, 0.15) is 9.71 Å². The van der Waals surface area contributed by atoms with E-state index < -0.39 is 6.10 Å². The van der Waals surface area contributed by atoms with Gasteiger partial charge in [0.25, 0.3) is 5.91 Å². The molecule has 0 fully saturated rings. The van der Waals surface area contributed by atoms with Crippen LogP contribution in [0.1, 0.15) is 20.9 Å². The number of thiophene rings is 1. The van der Waals surface area contributed by atoms with Crippen LogP contribution in [0.15, 0.2) is 0 Å². The fraction of sp³-hybridized carbons (Fsp3) is 0.462. The van der Waals surface area contributed by atoms with Gasteiger partial charge in [0.05, 0.1) is 24.1 Å². The van der Waals surface area contributed by atoms with Crippen molar-refractivity contribution in [3.8, 4) is 0 Å². The van der Waals surface area contributed by atoms with Crippen LogP contribution < -0.4 is 11.1 Å². The second-order valence-corrected chi connectivity index (χ2v) is 5.75. The molecule has 0 saturated heterocycles. The number of methoxy groups -OCH3 is 1. The molecule has 0 bridgehead atoms. The van der Waals surface area contributed by atoms with Gasteiger partial charge in [-0.15, -0.1) is 16.4 Å². The number of aromatic nitrogens is 2. The molecule has 1 atom stereocenters. The van der Waals surface area contributed by atoms with E-state index in [9.17, 15) is 9.90 Å². The van der Waals surface area contributed by atoms with Crippen LogP contribution in [0.25, 0.3) is 10.2 Å². The Bertz CT molecular complexity index is 671. The third-order valence-corrected chi connectivity index (χ3v) is 4.29. The molecule has 2 rings (SSSR count). The molecule has 8 heteroatoms. The molecule has 21 heavy (non-hydrogen) atoms. The number of aliphatic hydroxyl groups excluding tert-OH is 1. The van der Waals surface area contributed by atoms with Gasteiger partial charge in [0.15, 0.2) is 0 Å². The normalized spacial score (nSPS) is 12.6. The van der Waals surface area contributed by atoms with Crippen molar-refractivity contribution >= 4 is 33.1 Å². The van der Waals surface area contributed by atoms with Crippen LogP contribution in [-0.4, -0.2) is 47.6 Å². The molecule has 0 aromatic carbocycles. The lowest BCUT2D eigenvalue weighted by Gasteiger charge is -2.10. The van der Waals surface area contributed by atoms with Crippen LogP contribution in [0.3, 0.4) is 0 Å². The van der Waals surface area contributed by atoms with Gasteiger partial charge >= 0.3 is 0 Å². The summed E-state index contributed by atoms with van der Waals surface area (Å²) in [7, 11) is 1.48. The highest BCUT2D eigenvalue weighted by molar-refractivity contribution is 7.21. The second-order valence-electron chi connectivity index (χ2n) is 4.75. The number of anilines is 1. The standard InChI is InChI=1S/C13H18N4O3S/c1-6-7(2)16-17-13-9(6)10(14)11(21-13)12(19)15-4-8(18)5-20-3/h8,18H,4-5,14H2,1-3H3,(H,15,19). The molecule has 0 saturated carbocycles. The van der Waals surface area contributed by atoms with E-state index in [2.05, 4.69) is 15.5 Å². The lowest BCUT2D eigenvalue weighted by atomic mass is 10.1. The van der Waals surface area contributed by atoms with E-state index in [1.54, 1.807) is 0 Å². The van der Waals surface area contributed by atoms with Gasteiger partial charge in [-0.1, -0.05) is 0 Å². The maximum atomic E-state index is 12.2. The van der Waals surface area contributed by atoms with Gasteiger partial charge in [-0.05, 0) is 19.4 Å². The van der Waals surface area contributed by atoms with Crippen molar-refractivity contribution in [1.29, 1.82) is 0 Å². The first-order chi connectivity index (χ1) is 9.95. The molecule has 2 heterocycles. The molecule has 0 radical (unpaired) electrons. The SMILES string of the molecule is COCC(O)CNC(=O)c1sc2nnc(C)c(C)c2c1N. The first-order valence-electron chi connectivity index (χ1n) is 6.42. The van der Waals surface area contributed by atoms with Gasteiger partial charge in [0.2, 0.25) is 0 Å². The van der Waals surface area contributed by atoms with E-state index in [1.807, 2.05) is 13.8 Å². The molecule has 0 spiro atoms. The summed E-state index contributed by atoms with van der Waals surface area (Å²) in [5, 5.41) is 21.1. The van der Waals surface area contributed by atoms with Crippen molar-refractivity contribution in [2.24, 2.45) is 0 Å². The maximum absolute atomic E-state index is 12.2. The van der Waals surface area contributed by atoms with E-state index in [0.29, 0.717) is 15.4 Å². The van der Waals surface area contributed by atoms with Gasteiger partial charge in [-0.25, -0.2) is 0 Å². The summed E-state index contributed by atoms with van der Waals surface area (Å²) in [6, 6.07) is 0. The molecule has 1 amide bonds. The summed E-state index contributed by atoms with van der Waals surface area (Å²) >= 11 is 1.20. The third-order valence-electron chi connectivity index (χ3n) is 3.20. The van der Waals surface area contributed by atoms with Crippen molar-refractivity contribution < 1.29 is 14.6 Å². The molecule has 2 aromatic rings. The molecular weight excluding hydrogens is 292 g/mol. The van der Waals surface area contributed by atoms with Crippen LogP contribution in [0.2, 0.25) is 0 Å². The van der Waals surface area contributed by atoms with Crippen LogP contribution in [-0.2, 0) is 4.74 Å². The zero-order chi connectivity index (χ0) is 15.6. The largest absolute Gasteiger partial charge is 0.397 e. The Balaban J connectivity index is 2.24. The van der Waals surface area contributed by atoms with E-state index in [4.69, 9.17) is 10.5 Å². The second kappa shape index (κ2) is 6.33. The molecule has 7 nitrogen and oxygen atoms in total. The number of hydrogen-bond acceptors (Lipinski definition) is 7. The summed E-state index contributed by atoms with van der Waals surface area (Å²) in [5.41, 5.74) is 8.19. The van der Waals surface area contributed by atoms with Crippen LogP contribution in [0.4, 0.5) is 5.69 Å². The summed E-state index contributed by atoms with van der Waals surface area (Å²) in [5.74, 6) is -0.331. The Kier molecular flexibility index (Phi) is 4.71. The average Bonchev–Trinajstić information content (AvgIpc) is 2.78. The topological polar surface area (TPSA) is 110 Å². The minimum Gasteiger partial charge on any atom is -0.397 e. The van der Waals surface area contributed by atoms with E-state index >= 15 is 0 Å². The highest BCUT2D eigenvalue weighted by Crippen LogP contribution is 2.34. The summed E-state index contributed by atoms with van der Waals surface area (Å²) in [6.07, 6.45) is -0.752. The smallest absolute Gasteiger partial charge is 0.263 e. The quantitative estimate of drug-likeness (QED) is 0.747. The fourth-order valence-electron chi connectivity index (χ4n) is 1.95. The molecule has 114 valence electrons. The summed E-state index contributed by atoms with van der Waals surface area (Å²) in [4.78, 5) is 13.2. The highest BCUT2D eigenvalue weighted by Gasteiger charge is 2.20. The molecule has 1 unspecified atom stereocenters. The van der Waals surface area contributed by atoms with Crippen molar-refractivity contribution in [3.63, 3.8) is 0 Å². The molecule has 2 aromatic heterocycles. The summed E-state index contributed by atoms with van der Waals surface area (Å²) in [6.45, 7) is 4.01. The van der Waals surface area contributed by atoms with Gasteiger partial charge < -0.3 is 20.9 Å². The first-order valence-corrected chi connectivity index (χ1v) is 7.24. The highest BCUT2D eigenvalue weighted by atomic mass is 32.1. The van der Waals surface area contributed by atoms with E-state index in [0.717, 1.165) is 16.6 Å². The number of carbonyl (C=O) groups excluding carboxylic acids is 1. The van der Waals surface area contributed by atoms with Gasteiger partial charge in [-0.2, -0.15) is 5.10 Å². The first kappa shape index (κ1) is 15.6. The number of carbonyl (C=O) groups is 1. The number of aliphatic hydroxyl groups is 1. The molecule has 0 aliphatic carbocycles. The Morgan fingerprint density at radius 3 is 2.86 bits per heavy atom. The minimum atomic E-state index is -0.752. The lowest BCUT2D eigenvalue weighted by Crippen LogP contribution is -2.34. The summed E-state index contributed by atoms with van der Waals surface area (Å²) < 4.78 is 4.80. The number of ether oxygens (including phenoxy) is 1. The van der Waals surface area contributed by atoms with Crippen LogP contribution in [0, 0.1) is 13.8 Å². The predicted molar refractivity (Wildman–Crippen MR) is 81.5 cm³/mol.